The predicted molar refractivity (Wildman–Crippen MR) is 68.6 cm³/mol. The number of rotatable bonds is 7. The van der Waals surface area contributed by atoms with Crippen LogP contribution in [0.25, 0.3) is 0 Å². The Morgan fingerprint density at radius 2 is 2.33 bits per heavy atom. The summed E-state index contributed by atoms with van der Waals surface area (Å²) in [6, 6.07) is 3.36. The molecule has 1 heterocycles. The van der Waals surface area contributed by atoms with Gasteiger partial charge in [-0.1, -0.05) is 6.92 Å². The Balaban J connectivity index is 2.46. The highest BCUT2D eigenvalue weighted by atomic mass is 16.5. The topological polar surface area (TPSA) is 71.5 Å². The molecule has 1 aromatic rings. The lowest BCUT2D eigenvalue weighted by Gasteiger charge is -2.11. The van der Waals surface area contributed by atoms with Crippen molar-refractivity contribution in [3.8, 4) is 5.88 Å². The molecule has 0 aliphatic carbocycles. The maximum absolute atomic E-state index is 11.8. The summed E-state index contributed by atoms with van der Waals surface area (Å²) >= 11 is 0. The van der Waals surface area contributed by atoms with Gasteiger partial charge in [-0.05, 0) is 25.3 Å². The first-order valence-electron chi connectivity index (χ1n) is 6.15. The number of carbonyl (C=O) groups is 1. The van der Waals surface area contributed by atoms with Crippen LogP contribution in [0.4, 0.5) is 0 Å². The van der Waals surface area contributed by atoms with Crippen molar-refractivity contribution in [3.05, 3.63) is 23.9 Å². The lowest BCUT2D eigenvalue weighted by Crippen LogP contribution is -2.28. The number of hydrogen-bond donors (Lipinski definition) is 2. The van der Waals surface area contributed by atoms with Gasteiger partial charge in [0.2, 0.25) is 5.88 Å². The summed E-state index contributed by atoms with van der Waals surface area (Å²) in [4.78, 5) is 15.8. The zero-order chi connectivity index (χ0) is 13.4. The lowest BCUT2D eigenvalue weighted by molar-refractivity contribution is 0.0945. The molecule has 0 saturated carbocycles. The molecule has 0 bridgehead atoms. The third-order valence-corrected chi connectivity index (χ3v) is 2.52. The lowest BCUT2D eigenvalue weighted by atomic mass is 10.1. The second kappa shape index (κ2) is 7.66. The molecule has 0 radical (unpaired) electrons. The van der Waals surface area contributed by atoms with Crippen molar-refractivity contribution in [3.63, 3.8) is 0 Å². The average molecular weight is 252 g/mol. The van der Waals surface area contributed by atoms with Gasteiger partial charge in [-0.25, -0.2) is 4.98 Å². The van der Waals surface area contributed by atoms with E-state index in [-0.39, 0.29) is 18.4 Å². The Kier molecular flexibility index (Phi) is 6.14. The summed E-state index contributed by atoms with van der Waals surface area (Å²) in [6.45, 7) is 5.10. The van der Waals surface area contributed by atoms with Gasteiger partial charge in [0.15, 0.2) is 0 Å². The molecule has 0 aliphatic heterocycles. The molecule has 0 spiro atoms. The summed E-state index contributed by atoms with van der Waals surface area (Å²) in [5, 5.41) is 11.6. The molecular formula is C13H20N2O3. The number of nitrogens with one attached hydrogen (secondary N) is 1. The molecule has 0 aromatic carbocycles. The zero-order valence-electron chi connectivity index (χ0n) is 10.8. The first-order chi connectivity index (χ1) is 8.67. The second-order valence-electron chi connectivity index (χ2n) is 4.15. The van der Waals surface area contributed by atoms with E-state index in [1.807, 2.05) is 13.8 Å². The number of nitrogens with zero attached hydrogens (tertiary/aromatic N) is 1. The number of aromatic nitrogens is 1. The van der Waals surface area contributed by atoms with Crippen LogP contribution >= 0.6 is 0 Å². The Morgan fingerprint density at radius 1 is 1.56 bits per heavy atom. The van der Waals surface area contributed by atoms with Crippen molar-refractivity contribution in [2.45, 2.75) is 20.3 Å². The average Bonchev–Trinajstić information content (AvgIpc) is 2.37. The molecule has 0 saturated heterocycles. The van der Waals surface area contributed by atoms with E-state index in [4.69, 9.17) is 9.84 Å². The van der Waals surface area contributed by atoms with Gasteiger partial charge in [-0.15, -0.1) is 0 Å². The highest BCUT2D eigenvalue weighted by molar-refractivity contribution is 5.93. The summed E-state index contributed by atoms with van der Waals surface area (Å²) in [5.74, 6) is 0.618. The Bertz CT molecular complexity index is 365. The highest BCUT2D eigenvalue weighted by Crippen LogP contribution is 2.07. The van der Waals surface area contributed by atoms with E-state index < -0.39 is 0 Å². The van der Waals surface area contributed by atoms with E-state index in [9.17, 15) is 4.79 Å². The first kappa shape index (κ1) is 14.4. The van der Waals surface area contributed by atoms with E-state index in [2.05, 4.69) is 10.3 Å². The van der Waals surface area contributed by atoms with Crippen LogP contribution in [-0.2, 0) is 0 Å². The van der Waals surface area contributed by atoms with Crippen LogP contribution in [0.3, 0.4) is 0 Å². The standard InChI is InChI=1S/C13H20N2O3/c1-3-18-12-5-4-11(9-14-12)13(17)15-8-10(2)6-7-16/h4-5,9-10,16H,3,6-8H2,1-2H3,(H,15,17). The van der Waals surface area contributed by atoms with E-state index in [0.29, 0.717) is 31.0 Å². The third-order valence-electron chi connectivity index (χ3n) is 2.52. The highest BCUT2D eigenvalue weighted by Gasteiger charge is 2.08. The van der Waals surface area contributed by atoms with E-state index in [1.54, 1.807) is 12.1 Å². The summed E-state index contributed by atoms with van der Waals surface area (Å²) in [7, 11) is 0. The Hall–Kier alpha value is -1.62. The van der Waals surface area contributed by atoms with E-state index in [1.165, 1.54) is 6.20 Å². The minimum absolute atomic E-state index is 0.141. The normalized spacial score (nSPS) is 11.9. The number of hydrogen-bond acceptors (Lipinski definition) is 4. The van der Waals surface area contributed by atoms with Gasteiger partial charge in [0.25, 0.3) is 5.91 Å². The van der Waals surface area contributed by atoms with Gasteiger partial charge in [-0.2, -0.15) is 0 Å². The van der Waals surface area contributed by atoms with Crippen LogP contribution in [0, 0.1) is 5.92 Å². The van der Waals surface area contributed by atoms with E-state index in [0.717, 1.165) is 0 Å². The maximum atomic E-state index is 11.8. The number of aliphatic hydroxyl groups excluding tert-OH is 1. The van der Waals surface area contributed by atoms with Crippen molar-refractivity contribution in [2.24, 2.45) is 5.92 Å². The fourth-order valence-electron chi connectivity index (χ4n) is 1.44. The fraction of sp³-hybridized carbons (Fsp3) is 0.538. The molecule has 1 aromatic heterocycles. The minimum atomic E-state index is -0.157. The quantitative estimate of drug-likeness (QED) is 0.765. The van der Waals surface area contributed by atoms with E-state index >= 15 is 0 Å². The number of pyridine rings is 1. The second-order valence-corrected chi connectivity index (χ2v) is 4.15. The number of amides is 1. The smallest absolute Gasteiger partial charge is 0.252 e. The molecule has 5 nitrogen and oxygen atoms in total. The number of carbonyl (C=O) groups excluding carboxylic acids is 1. The van der Waals surface area contributed by atoms with Crippen molar-refractivity contribution in [1.29, 1.82) is 0 Å². The fourth-order valence-corrected chi connectivity index (χ4v) is 1.44. The molecule has 0 aliphatic rings. The van der Waals surface area contributed by atoms with Crippen LogP contribution in [0.15, 0.2) is 18.3 Å². The van der Waals surface area contributed by atoms with Gasteiger partial charge in [0.05, 0.1) is 12.2 Å². The first-order valence-corrected chi connectivity index (χ1v) is 6.15. The molecule has 18 heavy (non-hydrogen) atoms. The molecule has 1 atom stereocenters. The van der Waals surface area contributed by atoms with Crippen LogP contribution in [0.5, 0.6) is 5.88 Å². The van der Waals surface area contributed by atoms with Gasteiger partial charge in [0, 0.05) is 25.4 Å². The van der Waals surface area contributed by atoms with Gasteiger partial charge in [-0.3, -0.25) is 4.79 Å². The maximum Gasteiger partial charge on any atom is 0.252 e. The van der Waals surface area contributed by atoms with Crippen LogP contribution in [-0.4, -0.2) is 35.8 Å². The van der Waals surface area contributed by atoms with Crippen molar-refractivity contribution >= 4 is 5.91 Å². The molecule has 2 N–H and O–H groups in total. The molecule has 100 valence electrons. The Morgan fingerprint density at radius 3 is 2.89 bits per heavy atom. The monoisotopic (exact) mass is 252 g/mol. The van der Waals surface area contributed by atoms with Crippen molar-refractivity contribution in [1.82, 2.24) is 10.3 Å². The Labute approximate surface area is 107 Å². The molecule has 5 heteroatoms. The molecule has 0 fully saturated rings. The van der Waals surface area contributed by atoms with Crippen LogP contribution in [0.1, 0.15) is 30.6 Å². The predicted octanol–water partition coefficient (Wildman–Crippen LogP) is 1.23. The van der Waals surface area contributed by atoms with Crippen molar-refractivity contribution < 1.29 is 14.6 Å². The van der Waals surface area contributed by atoms with Crippen LogP contribution < -0.4 is 10.1 Å². The summed E-state index contributed by atoms with van der Waals surface area (Å²) in [6.07, 6.45) is 2.18. The number of ether oxygens (including phenoxy) is 1. The largest absolute Gasteiger partial charge is 0.478 e. The minimum Gasteiger partial charge on any atom is -0.478 e. The van der Waals surface area contributed by atoms with Crippen LogP contribution in [0.2, 0.25) is 0 Å². The van der Waals surface area contributed by atoms with Gasteiger partial charge in [0.1, 0.15) is 0 Å². The third kappa shape index (κ3) is 4.71. The zero-order valence-corrected chi connectivity index (χ0v) is 10.8. The molecule has 1 rings (SSSR count). The molecule has 1 unspecified atom stereocenters. The van der Waals surface area contributed by atoms with Gasteiger partial charge < -0.3 is 15.2 Å². The SMILES string of the molecule is CCOc1ccc(C(=O)NCC(C)CCO)cn1. The summed E-state index contributed by atoms with van der Waals surface area (Å²) in [5.41, 5.74) is 0.509. The molecular weight excluding hydrogens is 232 g/mol. The van der Waals surface area contributed by atoms with Crippen molar-refractivity contribution in [2.75, 3.05) is 19.8 Å². The number of aliphatic hydroxyl groups is 1. The summed E-state index contributed by atoms with van der Waals surface area (Å²) < 4.78 is 5.20. The van der Waals surface area contributed by atoms with Gasteiger partial charge >= 0.3 is 0 Å². The molecule has 1 amide bonds.